The van der Waals surface area contributed by atoms with E-state index in [4.69, 9.17) is 5.73 Å². The van der Waals surface area contributed by atoms with E-state index >= 15 is 0 Å². The summed E-state index contributed by atoms with van der Waals surface area (Å²) in [6, 6.07) is 21.3. The van der Waals surface area contributed by atoms with Gasteiger partial charge >= 0.3 is 0 Å². The molecule has 4 N–H and O–H groups in total. The molecule has 0 fully saturated rings. The van der Waals surface area contributed by atoms with Gasteiger partial charge in [-0.05, 0) is 84.9 Å². The Balaban J connectivity index is 1.43. The fraction of sp³-hybridized carbons (Fsp3) is 0.188. The van der Waals surface area contributed by atoms with E-state index in [0.717, 1.165) is 66.7 Å². The Morgan fingerprint density at radius 3 is 2.50 bits per heavy atom. The van der Waals surface area contributed by atoms with Crippen LogP contribution in [0.15, 0.2) is 79.1 Å². The molecule has 0 radical (unpaired) electrons. The molecule has 0 amide bonds. The molecule has 6 rings (SSSR count). The molecule has 0 aliphatic carbocycles. The Bertz CT molecular complexity index is 1830. The molecule has 202 valence electrons. The number of benzene rings is 3. The zero-order chi connectivity index (χ0) is 28.0. The van der Waals surface area contributed by atoms with E-state index in [1.165, 1.54) is 6.07 Å². The summed E-state index contributed by atoms with van der Waals surface area (Å²) in [6.07, 6.45) is 3.73. The van der Waals surface area contributed by atoms with Gasteiger partial charge in [-0.3, -0.25) is 10.1 Å². The van der Waals surface area contributed by atoms with Crippen LogP contribution in [0.25, 0.3) is 55.4 Å². The fourth-order valence-electron chi connectivity index (χ4n) is 5.24. The van der Waals surface area contributed by atoms with Crippen molar-refractivity contribution in [3.05, 3.63) is 90.5 Å². The number of nitrogens with two attached hydrogens (primary N) is 1. The Kier molecular flexibility index (Phi) is 6.57. The number of fused-ring (bicyclic) bond motifs is 2. The lowest BCUT2D eigenvalue weighted by Crippen LogP contribution is -2.26. The fourth-order valence-corrected chi connectivity index (χ4v) is 5.24. The Morgan fingerprint density at radius 2 is 1.70 bits per heavy atom. The normalized spacial score (nSPS) is 12.5. The van der Waals surface area contributed by atoms with Crippen LogP contribution in [0.3, 0.4) is 0 Å². The second-order valence-electron chi connectivity index (χ2n) is 10.8. The third-order valence-electron chi connectivity index (χ3n) is 7.28. The van der Waals surface area contributed by atoms with Crippen LogP contribution in [0.1, 0.15) is 11.6 Å². The summed E-state index contributed by atoms with van der Waals surface area (Å²) in [5, 5.41) is 9.82. The first-order valence-electron chi connectivity index (χ1n) is 13.2. The molecule has 3 aromatic heterocycles. The molecule has 0 aliphatic heterocycles. The van der Waals surface area contributed by atoms with E-state index in [-0.39, 0.29) is 11.9 Å². The van der Waals surface area contributed by atoms with E-state index < -0.39 is 0 Å². The zero-order valence-electron chi connectivity index (χ0n) is 23.0. The highest BCUT2D eigenvalue weighted by Crippen LogP contribution is 2.36. The molecule has 6 aromatic rings. The first-order valence-corrected chi connectivity index (χ1v) is 13.2. The minimum atomic E-state index is -0.298. The molecular formula is C32H32FN7. The molecule has 3 heterocycles. The van der Waals surface area contributed by atoms with Crippen molar-refractivity contribution in [1.82, 2.24) is 25.1 Å². The van der Waals surface area contributed by atoms with E-state index in [0.29, 0.717) is 6.54 Å². The second-order valence-corrected chi connectivity index (χ2v) is 10.8. The van der Waals surface area contributed by atoms with Gasteiger partial charge in [-0.15, -0.1) is 0 Å². The first-order chi connectivity index (χ1) is 19.3. The molecule has 3 aromatic carbocycles. The zero-order valence-corrected chi connectivity index (χ0v) is 23.0. The summed E-state index contributed by atoms with van der Waals surface area (Å²) in [6.45, 7) is 0.630. The van der Waals surface area contributed by atoms with Crippen molar-refractivity contribution in [1.29, 1.82) is 0 Å². The number of rotatable bonds is 7. The number of hydrogen-bond acceptors (Lipinski definition) is 5. The summed E-state index contributed by atoms with van der Waals surface area (Å²) in [5.41, 5.74) is 15.6. The monoisotopic (exact) mass is 533 g/mol. The number of aromatic nitrogens is 4. The van der Waals surface area contributed by atoms with Gasteiger partial charge in [0, 0.05) is 54.7 Å². The highest BCUT2D eigenvalue weighted by Gasteiger charge is 2.16. The molecule has 7 nitrogen and oxygen atoms in total. The van der Waals surface area contributed by atoms with E-state index in [9.17, 15) is 4.39 Å². The maximum atomic E-state index is 14.8. The Hall–Kier alpha value is -4.53. The van der Waals surface area contributed by atoms with Crippen LogP contribution in [0, 0.1) is 5.82 Å². The highest BCUT2D eigenvalue weighted by molar-refractivity contribution is 6.02. The van der Waals surface area contributed by atoms with Gasteiger partial charge in [-0.2, -0.15) is 5.10 Å². The van der Waals surface area contributed by atoms with Gasteiger partial charge in [0.15, 0.2) is 0 Å². The van der Waals surface area contributed by atoms with Crippen LogP contribution >= 0.6 is 0 Å². The van der Waals surface area contributed by atoms with Crippen LogP contribution in [-0.2, 0) is 0 Å². The van der Waals surface area contributed by atoms with Gasteiger partial charge in [0.05, 0.1) is 23.1 Å². The standard InChI is InChI=1S/C32H32FN7/c1-39(2)18-28(34)21-10-20(11-23(33)12-21)25-6-5-7-29-26(25)15-31(36-29)32-27-14-19(8-9-30(27)37-38-32)22-13-24(40(3)4)17-35-16-22/h5-17,28,36H,18,34H2,1-4H3,(H,37,38). The molecule has 0 spiro atoms. The minimum Gasteiger partial charge on any atom is -0.376 e. The predicted octanol–water partition coefficient (Wildman–Crippen LogP) is 6.21. The number of likely N-dealkylation sites (N-methyl/N-ethyl adjacent to an activating group) is 1. The maximum Gasteiger partial charge on any atom is 0.124 e. The SMILES string of the molecule is CN(C)CC(N)c1cc(F)cc(-c2cccc3[nH]c(-c4n[nH]c5ccc(-c6cncc(N(C)C)c6)cc45)cc23)c1. The van der Waals surface area contributed by atoms with Gasteiger partial charge in [-0.25, -0.2) is 4.39 Å². The minimum absolute atomic E-state index is 0.288. The number of nitrogens with one attached hydrogen (secondary N) is 2. The molecule has 0 bridgehead atoms. The second kappa shape index (κ2) is 10.2. The number of anilines is 1. The summed E-state index contributed by atoms with van der Waals surface area (Å²) < 4.78 is 14.8. The molecule has 0 saturated heterocycles. The quantitative estimate of drug-likeness (QED) is 0.227. The van der Waals surface area contributed by atoms with E-state index in [1.54, 1.807) is 6.07 Å². The predicted molar refractivity (Wildman–Crippen MR) is 162 cm³/mol. The number of aromatic amines is 2. The van der Waals surface area contributed by atoms with Crippen molar-refractivity contribution in [2.24, 2.45) is 5.73 Å². The first kappa shape index (κ1) is 25.7. The summed E-state index contributed by atoms with van der Waals surface area (Å²) in [5.74, 6) is -0.298. The van der Waals surface area contributed by atoms with Crippen molar-refractivity contribution in [2.75, 3.05) is 39.6 Å². The van der Waals surface area contributed by atoms with Crippen LogP contribution < -0.4 is 10.6 Å². The lowest BCUT2D eigenvalue weighted by atomic mass is 9.97. The molecule has 8 heteroatoms. The van der Waals surface area contributed by atoms with Crippen LogP contribution in [0.4, 0.5) is 10.1 Å². The summed E-state index contributed by atoms with van der Waals surface area (Å²) in [4.78, 5) is 12.0. The van der Waals surface area contributed by atoms with Gasteiger partial charge in [0.1, 0.15) is 11.5 Å². The molecule has 40 heavy (non-hydrogen) atoms. The van der Waals surface area contributed by atoms with Gasteiger partial charge in [0.25, 0.3) is 0 Å². The van der Waals surface area contributed by atoms with Crippen molar-refractivity contribution in [2.45, 2.75) is 6.04 Å². The van der Waals surface area contributed by atoms with Crippen LogP contribution in [-0.4, -0.2) is 59.8 Å². The lowest BCUT2D eigenvalue weighted by Gasteiger charge is -2.18. The Morgan fingerprint density at radius 1 is 0.850 bits per heavy atom. The van der Waals surface area contributed by atoms with Crippen LogP contribution in [0.2, 0.25) is 0 Å². The van der Waals surface area contributed by atoms with Crippen molar-refractivity contribution in [3.8, 4) is 33.6 Å². The number of halogens is 1. The van der Waals surface area contributed by atoms with E-state index in [1.807, 2.05) is 80.7 Å². The topological polar surface area (TPSA) is 89.9 Å². The van der Waals surface area contributed by atoms with Crippen molar-refractivity contribution < 1.29 is 4.39 Å². The average molecular weight is 534 g/mol. The van der Waals surface area contributed by atoms with Crippen molar-refractivity contribution >= 4 is 27.5 Å². The summed E-state index contributed by atoms with van der Waals surface area (Å²) >= 11 is 0. The van der Waals surface area contributed by atoms with Gasteiger partial charge < -0.3 is 20.5 Å². The van der Waals surface area contributed by atoms with Crippen molar-refractivity contribution in [3.63, 3.8) is 0 Å². The molecule has 0 aliphatic rings. The number of H-pyrrole nitrogens is 2. The van der Waals surface area contributed by atoms with Crippen LogP contribution in [0.5, 0.6) is 0 Å². The molecule has 0 saturated carbocycles. The smallest absolute Gasteiger partial charge is 0.124 e. The Labute approximate surface area is 232 Å². The number of hydrogen-bond donors (Lipinski definition) is 3. The highest BCUT2D eigenvalue weighted by atomic mass is 19.1. The summed E-state index contributed by atoms with van der Waals surface area (Å²) in [7, 11) is 7.93. The largest absolute Gasteiger partial charge is 0.376 e. The third-order valence-corrected chi connectivity index (χ3v) is 7.28. The molecular weight excluding hydrogens is 501 g/mol. The number of pyridine rings is 1. The molecule has 1 unspecified atom stereocenters. The van der Waals surface area contributed by atoms with Gasteiger partial charge in [0.2, 0.25) is 0 Å². The lowest BCUT2D eigenvalue weighted by molar-refractivity contribution is 0.376. The van der Waals surface area contributed by atoms with E-state index in [2.05, 4.69) is 44.4 Å². The third kappa shape index (κ3) is 4.83. The van der Waals surface area contributed by atoms with Gasteiger partial charge in [-0.1, -0.05) is 18.2 Å². The average Bonchev–Trinajstić information content (AvgIpc) is 3.56. The molecule has 1 atom stereocenters. The maximum absolute atomic E-state index is 14.8. The number of nitrogens with zero attached hydrogens (tertiary/aromatic N) is 4.